The molecule has 13 rings (SSSR count). The fourth-order valence-corrected chi connectivity index (χ4v) is 9.18. The zero-order chi connectivity index (χ0) is 40.7. The molecule has 0 radical (unpaired) electrons. The van der Waals surface area contributed by atoms with E-state index in [9.17, 15) is 0 Å². The smallest absolute Gasteiger partial charge is 0.164 e. The van der Waals surface area contributed by atoms with Crippen LogP contribution in [-0.4, -0.2) is 15.0 Å². The van der Waals surface area contributed by atoms with Gasteiger partial charge in [-0.15, -0.1) is 0 Å². The van der Waals surface area contributed by atoms with Crippen molar-refractivity contribution in [1.29, 1.82) is 0 Å². The van der Waals surface area contributed by atoms with Crippen LogP contribution in [0, 0.1) is 0 Å². The predicted molar refractivity (Wildman–Crippen MR) is 254 cm³/mol. The fourth-order valence-electron chi connectivity index (χ4n) is 9.18. The van der Waals surface area contributed by atoms with Crippen LogP contribution in [0.15, 0.2) is 209 Å². The van der Waals surface area contributed by atoms with E-state index in [0.29, 0.717) is 17.5 Å². The summed E-state index contributed by atoms with van der Waals surface area (Å²) < 4.78 is 13.1. The number of fused-ring (bicyclic) bond motifs is 9. The van der Waals surface area contributed by atoms with Crippen LogP contribution >= 0.6 is 0 Å². The van der Waals surface area contributed by atoms with Gasteiger partial charge in [0.1, 0.15) is 22.3 Å². The predicted octanol–water partition coefficient (Wildman–Crippen LogP) is 15.5. The highest BCUT2D eigenvalue weighted by Gasteiger charge is 2.20. The van der Waals surface area contributed by atoms with Crippen LogP contribution in [0.1, 0.15) is 0 Å². The van der Waals surface area contributed by atoms with Crippen molar-refractivity contribution in [3.8, 4) is 56.4 Å². The van der Waals surface area contributed by atoms with Crippen molar-refractivity contribution in [2.45, 2.75) is 0 Å². The van der Waals surface area contributed by atoms with Crippen molar-refractivity contribution in [2.75, 3.05) is 0 Å². The molecule has 0 aliphatic heterocycles. The summed E-state index contributed by atoms with van der Waals surface area (Å²) >= 11 is 0. The van der Waals surface area contributed by atoms with Gasteiger partial charge in [0.2, 0.25) is 0 Å². The Balaban J connectivity index is 0.998. The van der Waals surface area contributed by atoms with Crippen LogP contribution in [0.4, 0.5) is 0 Å². The highest BCUT2D eigenvalue weighted by Crippen LogP contribution is 2.41. The summed E-state index contributed by atoms with van der Waals surface area (Å²) in [5.41, 5.74) is 10.5. The van der Waals surface area contributed by atoms with Crippen molar-refractivity contribution in [1.82, 2.24) is 15.0 Å². The van der Waals surface area contributed by atoms with Gasteiger partial charge in [0.25, 0.3) is 0 Å². The molecule has 13 aromatic rings. The van der Waals surface area contributed by atoms with E-state index in [4.69, 9.17) is 23.8 Å². The first kappa shape index (κ1) is 34.5. The van der Waals surface area contributed by atoms with Gasteiger partial charge in [-0.3, -0.25) is 0 Å². The topological polar surface area (TPSA) is 65.0 Å². The van der Waals surface area contributed by atoms with E-state index < -0.39 is 0 Å². The Labute approximate surface area is 355 Å². The third-order valence-electron chi connectivity index (χ3n) is 12.3. The van der Waals surface area contributed by atoms with E-state index in [2.05, 4.69) is 170 Å². The Bertz CT molecular complexity index is 3940. The molecule has 288 valence electrons. The number of benzene rings is 10. The number of furan rings is 2. The van der Waals surface area contributed by atoms with E-state index in [0.717, 1.165) is 93.2 Å². The lowest BCUT2D eigenvalue weighted by molar-refractivity contribution is 0.669. The fraction of sp³-hybridized carbons (Fsp3) is 0. The third-order valence-corrected chi connectivity index (χ3v) is 12.3. The first-order valence-electron chi connectivity index (χ1n) is 20.8. The summed E-state index contributed by atoms with van der Waals surface area (Å²) in [6, 6.07) is 70.0. The molecule has 0 bridgehead atoms. The van der Waals surface area contributed by atoms with Gasteiger partial charge in [0, 0.05) is 43.8 Å². The minimum atomic E-state index is 0.571. The van der Waals surface area contributed by atoms with Gasteiger partial charge in [-0.1, -0.05) is 152 Å². The Kier molecular flexibility index (Phi) is 7.54. The lowest BCUT2D eigenvalue weighted by Crippen LogP contribution is -2.00. The average Bonchev–Trinajstić information content (AvgIpc) is 3.91. The van der Waals surface area contributed by atoms with Crippen molar-refractivity contribution in [3.05, 3.63) is 200 Å². The maximum Gasteiger partial charge on any atom is 0.164 e. The standard InChI is InChI=1S/C57H33N3O2/c1-2-10-34(11-3-1)37-21-22-39-30-42(26-23-38(39)28-37)55-58-56(43-27-24-40-32-49-46-14-6-7-18-50(46)61-52(49)33-44(40)31-43)60-57(59-55)48-17-9-19-51-53(48)47-16-8-15-45(54(47)62-51)41-25-20-35-12-4-5-13-36(35)29-41/h1-33H. The average molecular weight is 792 g/mol. The van der Waals surface area contributed by atoms with Crippen LogP contribution in [0.3, 0.4) is 0 Å². The minimum Gasteiger partial charge on any atom is -0.456 e. The summed E-state index contributed by atoms with van der Waals surface area (Å²) in [4.78, 5) is 15.8. The molecule has 0 N–H and O–H groups in total. The lowest BCUT2D eigenvalue weighted by atomic mass is 9.98. The molecule has 0 fully saturated rings. The van der Waals surface area contributed by atoms with Crippen LogP contribution in [0.25, 0.3) is 133 Å². The molecule has 0 saturated carbocycles. The molecule has 0 saturated heterocycles. The lowest BCUT2D eigenvalue weighted by Gasteiger charge is -2.11. The summed E-state index contributed by atoms with van der Waals surface area (Å²) in [5.74, 6) is 1.74. The molecule has 0 atom stereocenters. The number of hydrogen-bond acceptors (Lipinski definition) is 5. The molecule has 5 heteroatoms. The van der Waals surface area contributed by atoms with Crippen LogP contribution in [-0.2, 0) is 0 Å². The highest BCUT2D eigenvalue weighted by molar-refractivity contribution is 6.15. The van der Waals surface area contributed by atoms with E-state index >= 15 is 0 Å². The van der Waals surface area contributed by atoms with E-state index in [-0.39, 0.29) is 0 Å². The Hall–Kier alpha value is -8.41. The second-order valence-corrected chi connectivity index (χ2v) is 16.0. The Morgan fingerprint density at radius 2 is 0.839 bits per heavy atom. The maximum atomic E-state index is 6.76. The Morgan fingerprint density at radius 3 is 1.68 bits per heavy atom. The maximum absolute atomic E-state index is 6.76. The van der Waals surface area contributed by atoms with Crippen LogP contribution in [0.2, 0.25) is 0 Å². The number of nitrogens with zero attached hydrogens (tertiary/aromatic N) is 3. The monoisotopic (exact) mass is 791 g/mol. The normalized spacial score (nSPS) is 11.9. The van der Waals surface area contributed by atoms with Gasteiger partial charge >= 0.3 is 0 Å². The summed E-state index contributed by atoms with van der Waals surface area (Å²) in [6.07, 6.45) is 0. The molecular weight excluding hydrogens is 759 g/mol. The van der Waals surface area contributed by atoms with Gasteiger partial charge in [-0.25, -0.2) is 15.0 Å². The Morgan fingerprint density at radius 1 is 0.274 bits per heavy atom. The van der Waals surface area contributed by atoms with E-state index in [1.807, 2.05) is 30.3 Å². The summed E-state index contributed by atoms with van der Waals surface area (Å²) in [5, 5.41) is 11.0. The molecule has 62 heavy (non-hydrogen) atoms. The number of hydrogen-bond donors (Lipinski definition) is 0. The molecule has 10 aromatic carbocycles. The molecule has 0 aliphatic carbocycles. The van der Waals surface area contributed by atoms with Gasteiger partial charge in [0.05, 0.1) is 0 Å². The number of rotatable bonds is 5. The van der Waals surface area contributed by atoms with E-state index in [1.165, 1.54) is 21.9 Å². The van der Waals surface area contributed by atoms with Crippen molar-refractivity contribution < 1.29 is 8.83 Å². The number of aromatic nitrogens is 3. The van der Waals surface area contributed by atoms with Crippen molar-refractivity contribution >= 4 is 76.2 Å². The molecule has 0 aliphatic rings. The summed E-state index contributed by atoms with van der Waals surface area (Å²) in [6.45, 7) is 0. The SMILES string of the molecule is c1ccc(-c2ccc3cc(-c4nc(-c5ccc6cc7c(cc6c5)oc5ccccc57)nc(-c5cccc6oc7c(-c8ccc9ccccc9c8)cccc7c56)n4)ccc3c2)cc1. The largest absolute Gasteiger partial charge is 0.456 e. The molecule has 3 aromatic heterocycles. The highest BCUT2D eigenvalue weighted by atomic mass is 16.3. The first-order valence-corrected chi connectivity index (χ1v) is 20.8. The third kappa shape index (κ3) is 5.60. The van der Waals surface area contributed by atoms with Gasteiger partial charge in [-0.2, -0.15) is 0 Å². The van der Waals surface area contributed by atoms with Crippen molar-refractivity contribution in [2.24, 2.45) is 0 Å². The number of para-hydroxylation sites is 2. The van der Waals surface area contributed by atoms with E-state index in [1.54, 1.807) is 0 Å². The quantitative estimate of drug-likeness (QED) is 0.174. The molecular formula is C57H33N3O2. The first-order chi connectivity index (χ1) is 30.7. The van der Waals surface area contributed by atoms with Crippen molar-refractivity contribution in [3.63, 3.8) is 0 Å². The zero-order valence-corrected chi connectivity index (χ0v) is 33.2. The zero-order valence-electron chi connectivity index (χ0n) is 33.2. The van der Waals surface area contributed by atoms with Crippen LogP contribution < -0.4 is 0 Å². The summed E-state index contributed by atoms with van der Waals surface area (Å²) in [7, 11) is 0. The molecule has 0 spiro atoms. The molecule has 0 unspecified atom stereocenters. The van der Waals surface area contributed by atoms with Gasteiger partial charge in [0.15, 0.2) is 17.5 Å². The minimum absolute atomic E-state index is 0.571. The molecule has 3 heterocycles. The second-order valence-electron chi connectivity index (χ2n) is 16.0. The molecule has 5 nitrogen and oxygen atoms in total. The van der Waals surface area contributed by atoms with Crippen LogP contribution in [0.5, 0.6) is 0 Å². The molecule has 0 amide bonds. The van der Waals surface area contributed by atoms with Gasteiger partial charge in [-0.05, 0) is 97.5 Å². The second kappa shape index (κ2) is 13.6. The van der Waals surface area contributed by atoms with Gasteiger partial charge < -0.3 is 8.83 Å².